The summed E-state index contributed by atoms with van der Waals surface area (Å²) in [6.45, 7) is 4.01. The van der Waals surface area contributed by atoms with Crippen LogP contribution in [0.25, 0.3) is 10.8 Å². The highest BCUT2D eigenvalue weighted by molar-refractivity contribution is 5.90. The van der Waals surface area contributed by atoms with Gasteiger partial charge in [-0.1, -0.05) is 74.5 Å². The van der Waals surface area contributed by atoms with Crippen molar-refractivity contribution in [1.29, 1.82) is 0 Å². The molecule has 3 aromatic rings. The Kier molecular flexibility index (Phi) is 7.07. The topological polar surface area (TPSA) is 78.4 Å². The fourth-order valence-corrected chi connectivity index (χ4v) is 3.45. The van der Waals surface area contributed by atoms with Crippen molar-refractivity contribution in [3.8, 4) is 5.75 Å². The average molecular weight is 405 g/mol. The normalized spacial score (nSPS) is 12.0. The number of phenolic OH excluding ortho intramolecular Hbond substituents is 1. The molecule has 0 aliphatic carbocycles. The van der Waals surface area contributed by atoms with Gasteiger partial charge in [-0.05, 0) is 34.7 Å². The number of carbonyl (C=O) groups is 2. The van der Waals surface area contributed by atoms with Gasteiger partial charge in [0.2, 0.25) is 11.8 Å². The van der Waals surface area contributed by atoms with Gasteiger partial charge in [0.15, 0.2) is 0 Å². The predicted molar refractivity (Wildman–Crippen MR) is 119 cm³/mol. The largest absolute Gasteiger partial charge is 0.508 e. The highest BCUT2D eigenvalue weighted by Crippen LogP contribution is 2.35. The highest BCUT2D eigenvalue weighted by Gasteiger charge is 2.22. The summed E-state index contributed by atoms with van der Waals surface area (Å²) in [7, 11) is 0. The maximum Gasteiger partial charge on any atom is 0.240 e. The molecule has 0 heterocycles. The van der Waals surface area contributed by atoms with E-state index in [0.29, 0.717) is 17.9 Å². The molecule has 0 saturated heterocycles. The number of hydrogen-bond acceptors (Lipinski definition) is 3. The van der Waals surface area contributed by atoms with Crippen LogP contribution in [0.1, 0.15) is 43.9 Å². The maximum atomic E-state index is 12.7. The number of fused-ring (bicyclic) bond motifs is 1. The summed E-state index contributed by atoms with van der Waals surface area (Å²) in [5.41, 5.74) is 1.49. The van der Waals surface area contributed by atoms with Crippen molar-refractivity contribution < 1.29 is 14.7 Å². The summed E-state index contributed by atoms with van der Waals surface area (Å²) >= 11 is 0. The van der Waals surface area contributed by atoms with E-state index in [2.05, 4.69) is 24.5 Å². The van der Waals surface area contributed by atoms with Crippen molar-refractivity contribution in [1.82, 2.24) is 10.6 Å². The third-order valence-electron chi connectivity index (χ3n) is 5.07. The molecular weight excluding hydrogens is 376 g/mol. The lowest BCUT2D eigenvalue weighted by molar-refractivity contribution is -0.126. The Balaban J connectivity index is 1.84. The van der Waals surface area contributed by atoms with E-state index >= 15 is 0 Å². The first-order valence-electron chi connectivity index (χ1n) is 10.3. The molecule has 0 radical (unpaired) electrons. The minimum Gasteiger partial charge on any atom is -0.508 e. The summed E-state index contributed by atoms with van der Waals surface area (Å²) in [5.74, 6) is 0.0994. The van der Waals surface area contributed by atoms with Crippen LogP contribution in [0.4, 0.5) is 0 Å². The Labute approximate surface area is 177 Å². The number of nitrogens with one attached hydrogen (secondary N) is 2. The van der Waals surface area contributed by atoms with E-state index in [1.54, 1.807) is 6.07 Å². The highest BCUT2D eigenvalue weighted by atomic mass is 16.3. The molecule has 3 N–H and O–H groups in total. The average Bonchev–Trinajstić information content (AvgIpc) is 2.75. The molecule has 3 aromatic carbocycles. The molecular formula is C25H28N2O3. The second-order valence-corrected chi connectivity index (χ2v) is 7.84. The molecule has 0 spiro atoms. The van der Waals surface area contributed by atoms with Gasteiger partial charge in [0.05, 0.1) is 12.6 Å². The molecule has 1 atom stereocenters. The van der Waals surface area contributed by atoms with Crippen LogP contribution in [0.15, 0.2) is 66.7 Å². The van der Waals surface area contributed by atoms with E-state index in [1.165, 1.54) is 0 Å². The van der Waals surface area contributed by atoms with Gasteiger partial charge in [-0.25, -0.2) is 0 Å². The molecule has 0 bridgehead atoms. The molecule has 0 saturated carbocycles. The van der Waals surface area contributed by atoms with Crippen LogP contribution in [-0.4, -0.2) is 23.5 Å². The van der Waals surface area contributed by atoms with Crippen LogP contribution in [0.5, 0.6) is 5.75 Å². The van der Waals surface area contributed by atoms with E-state index in [4.69, 9.17) is 0 Å². The van der Waals surface area contributed by atoms with Crippen LogP contribution >= 0.6 is 0 Å². The molecule has 30 heavy (non-hydrogen) atoms. The van der Waals surface area contributed by atoms with E-state index in [0.717, 1.165) is 22.8 Å². The Hall–Kier alpha value is -3.34. The van der Waals surface area contributed by atoms with Crippen molar-refractivity contribution in [2.75, 3.05) is 6.54 Å². The van der Waals surface area contributed by atoms with E-state index in [1.807, 2.05) is 60.7 Å². The van der Waals surface area contributed by atoms with Crippen molar-refractivity contribution in [3.05, 3.63) is 77.9 Å². The lowest BCUT2D eigenvalue weighted by Gasteiger charge is -2.23. The fourth-order valence-electron chi connectivity index (χ4n) is 3.45. The number of benzene rings is 3. The predicted octanol–water partition coefficient (Wildman–Crippen LogP) is 4.30. The van der Waals surface area contributed by atoms with Gasteiger partial charge < -0.3 is 15.7 Å². The molecule has 5 nitrogen and oxygen atoms in total. The zero-order valence-corrected chi connectivity index (χ0v) is 17.4. The molecule has 0 aromatic heterocycles. The second-order valence-electron chi connectivity index (χ2n) is 7.84. The summed E-state index contributed by atoms with van der Waals surface area (Å²) in [6, 6.07) is 20.2. The first-order valence-corrected chi connectivity index (χ1v) is 10.3. The molecule has 3 rings (SSSR count). The van der Waals surface area contributed by atoms with Crippen LogP contribution in [-0.2, 0) is 9.59 Å². The zero-order chi connectivity index (χ0) is 21.5. The van der Waals surface area contributed by atoms with E-state index < -0.39 is 6.04 Å². The molecule has 1 unspecified atom stereocenters. The van der Waals surface area contributed by atoms with Gasteiger partial charge in [-0.2, -0.15) is 0 Å². The van der Waals surface area contributed by atoms with Crippen molar-refractivity contribution in [2.45, 2.75) is 32.7 Å². The van der Waals surface area contributed by atoms with Crippen molar-refractivity contribution >= 4 is 22.6 Å². The van der Waals surface area contributed by atoms with Gasteiger partial charge in [0.25, 0.3) is 0 Å². The van der Waals surface area contributed by atoms with Gasteiger partial charge in [0.1, 0.15) is 5.75 Å². The summed E-state index contributed by atoms with van der Waals surface area (Å²) < 4.78 is 0. The second kappa shape index (κ2) is 9.92. The lowest BCUT2D eigenvalue weighted by atomic mass is 9.92. The van der Waals surface area contributed by atoms with Crippen LogP contribution < -0.4 is 10.6 Å². The zero-order valence-electron chi connectivity index (χ0n) is 17.4. The fraction of sp³-hybridized carbons (Fsp3) is 0.280. The number of amides is 2. The quantitative estimate of drug-likeness (QED) is 0.524. The molecule has 2 amide bonds. The Morgan fingerprint density at radius 2 is 1.60 bits per heavy atom. The molecule has 0 aliphatic heterocycles. The first-order chi connectivity index (χ1) is 14.5. The van der Waals surface area contributed by atoms with Gasteiger partial charge in [-0.15, -0.1) is 0 Å². The molecule has 5 heteroatoms. The number of phenols is 1. The Morgan fingerprint density at radius 1 is 0.900 bits per heavy atom. The standard InChI is InChI=1S/C25H28N2O3/c1-17(2)12-15-22(29)26-16-23(30)27-25(19-9-4-3-5-10-19)24-20-11-7-6-8-18(20)13-14-21(24)28/h3-11,13-14,17,25,28H,12,15-16H2,1-2H3,(H,26,29)(H,27,30). The third kappa shape index (κ3) is 5.38. The van der Waals surface area contributed by atoms with Gasteiger partial charge >= 0.3 is 0 Å². The van der Waals surface area contributed by atoms with E-state index in [-0.39, 0.29) is 24.1 Å². The Morgan fingerprint density at radius 3 is 2.33 bits per heavy atom. The monoisotopic (exact) mass is 404 g/mol. The van der Waals surface area contributed by atoms with Crippen LogP contribution in [0.2, 0.25) is 0 Å². The van der Waals surface area contributed by atoms with Gasteiger partial charge in [-0.3, -0.25) is 9.59 Å². The summed E-state index contributed by atoms with van der Waals surface area (Å²) in [5, 5.41) is 18.2. The number of carbonyl (C=O) groups excluding carboxylic acids is 2. The Bertz CT molecular complexity index is 1020. The SMILES string of the molecule is CC(C)CCC(=O)NCC(=O)NC(c1ccccc1)c1c(O)ccc2ccccc12. The number of rotatable bonds is 8. The lowest BCUT2D eigenvalue weighted by Crippen LogP contribution is -2.39. The summed E-state index contributed by atoms with van der Waals surface area (Å²) in [4.78, 5) is 24.7. The van der Waals surface area contributed by atoms with Crippen molar-refractivity contribution in [3.63, 3.8) is 0 Å². The van der Waals surface area contributed by atoms with Gasteiger partial charge in [0, 0.05) is 12.0 Å². The maximum absolute atomic E-state index is 12.7. The smallest absolute Gasteiger partial charge is 0.240 e. The molecule has 0 fully saturated rings. The number of hydrogen-bond donors (Lipinski definition) is 3. The minimum absolute atomic E-state index is 0.105. The molecule has 0 aliphatic rings. The number of aromatic hydroxyl groups is 1. The summed E-state index contributed by atoms with van der Waals surface area (Å²) in [6.07, 6.45) is 1.18. The van der Waals surface area contributed by atoms with E-state index in [9.17, 15) is 14.7 Å². The minimum atomic E-state index is -0.544. The first kappa shape index (κ1) is 21.4. The molecule has 156 valence electrons. The van der Waals surface area contributed by atoms with Crippen LogP contribution in [0.3, 0.4) is 0 Å². The van der Waals surface area contributed by atoms with Crippen molar-refractivity contribution in [2.24, 2.45) is 5.92 Å². The third-order valence-corrected chi connectivity index (χ3v) is 5.07. The van der Waals surface area contributed by atoms with Crippen LogP contribution in [0, 0.1) is 5.92 Å².